The van der Waals surface area contributed by atoms with E-state index in [4.69, 9.17) is 1.37 Å². The summed E-state index contributed by atoms with van der Waals surface area (Å²) >= 11 is 0. The minimum atomic E-state index is -0.777. The lowest BCUT2D eigenvalue weighted by molar-refractivity contribution is -0.123. The maximum Gasteiger partial charge on any atom is 0.135 e. The van der Waals surface area contributed by atoms with Gasteiger partial charge < -0.3 is 0 Å². The highest BCUT2D eigenvalue weighted by Crippen LogP contribution is 2.18. The number of ketones is 1. The van der Waals surface area contributed by atoms with Crippen molar-refractivity contribution in [2.24, 2.45) is 5.89 Å². The summed E-state index contributed by atoms with van der Waals surface area (Å²) in [7, 11) is 0. The fraction of sp³-hybridized carbons (Fsp3) is 0.889. The predicted octanol–water partition coefficient (Wildman–Crippen LogP) is 2.55. The first-order valence-corrected chi connectivity index (χ1v) is 4.16. The van der Waals surface area contributed by atoms with Gasteiger partial charge in [0, 0.05) is 13.7 Å². The lowest BCUT2D eigenvalue weighted by atomic mass is 9.92. The Bertz CT molecular complexity index is 152. The summed E-state index contributed by atoms with van der Waals surface area (Å²) in [6.07, 6.45) is 5.79. The van der Waals surface area contributed by atoms with Crippen LogP contribution in [0.25, 0.3) is 0 Å². The van der Waals surface area contributed by atoms with Crippen molar-refractivity contribution >= 4 is 5.78 Å². The van der Waals surface area contributed by atoms with Gasteiger partial charge >= 0.3 is 0 Å². The highest BCUT2D eigenvalue weighted by molar-refractivity contribution is 5.80. The molecule has 0 bridgehead atoms. The van der Waals surface area contributed by atoms with Gasteiger partial charge in [-0.15, -0.1) is 0 Å². The molecule has 1 saturated carbocycles. The van der Waals surface area contributed by atoms with Crippen LogP contribution in [-0.4, -0.2) is 5.78 Å². The molecule has 1 atom stereocenters. The average molecular weight is 141 g/mol. The van der Waals surface area contributed by atoms with Crippen molar-refractivity contribution in [1.29, 1.82) is 0 Å². The predicted molar refractivity (Wildman–Crippen MR) is 41.9 cm³/mol. The van der Waals surface area contributed by atoms with Crippen molar-refractivity contribution < 1.29 is 6.17 Å². The summed E-state index contributed by atoms with van der Waals surface area (Å²) in [6, 6.07) is 0. The number of hydrogen-bond acceptors (Lipinski definition) is 1. The van der Waals surface area contributed by atoms with Crippen LogP contribution in [0.3, 0.4) is 0 Å². The SMILES string of the molecule is [2H]C1(C)CCCCCCC1=O. The van der Waals surface area contributed by atoms with Crippen LogP contribution in [0.5, 0.6) is 0 Å². The Morgan fingerprint density at radius 2 is 2.10 bits per heavy atom. The van der Waals surface area contributed by atoms with Gasteiger partial charge in [-0.2, -0.15) is 0 Å². The quantitative estimate of drug-likeness (QED) is 0.506. The molecule has 1 fully saturated rings. The van der Waals surface area contributed by atoms with E-state index in [2.05, 4.69) is 0 Å². The molecule has 0 aliphatic heterocycles. The van der Waals surface area contributed by atoms with Gasteiger partial charge in [-0.1, -0.05) is 26.2 Å². The average Bonchev–Trinajstić information content (AvgIpc) is 1.93. The monoisotopic (exact) mass is 141 g/mol. The number of rotatable bonds is 0. The van der Waals surface area contributed by atoms with Crippen molar-refractivity contribution in [2.45, 2.75) is 45.4 Å². The highest BCUT2D eigenvalue weighted by atomic mass is 16.1. The molecule has 1 heteroatoms. The van der Waals surface area contributed by atoms with Crippen molar-refractivity contribution in [2.75, 3.05) is 0 Å². The van der Waals surface area contributed by atoms with Crippen LogP contribution in [0, 0.1) is 5.89 Å². The second kappa shape index (κ2) is 3.75. The second-order valence-corrected chi connectivity index (χ2v) is 3.12. The molecule has 1 unspecified atom stereocenters. The summed E-state index contributed by atoms with van der Waals surface area (Å²) < 4.78 is 7.72. The summed E-state index contributed by atoms with van der Waals surface area (Å²) in [4.78, 5) is 11.3. The minimum absolute atomic E-state index is 0.136. The Hall–Kier alpha value is -0.330. The molecule has 0 amide bonds. The second-order valence-electron chi connectivity index (χ2n) is 3.12. The van der Waals surface area contributed by atoms with E-state index in [0.29, 0.717) is 6.42 Å². The molecule has 0 aromatic heterocycles. The lowest BCUT2D eigenvalue weighted by Crippen LogP contribution is -2.12. The fourth-order valence-corrected chi connectivity index (χ4v) is 1.38. The molecule has 0 saturated heterocycles. The zero-order valence-electron chi connectivity index (χ0n) is 7.65. The molecule has 0 aromatic carbocycles. The summed E-state index contributed by atoms with van der Waals surface area (Å²) in [6.45, 7) is 1.75. The molecule has 58 valence electrons. The van der Waals surface area contributed by atoms with E-state index in [0.717, 1.165) is 19.3 Å². The Labute approximate surface area is 64.2 Å². The number of carbonyl (C=O) groups excluding carboxylic acids is 1. The maximum atomic E-state index is 11.3. The van der Waals surface area contributed by atoms with Crippen LogP contribution >= 0.6 is 0 Å². The van der Waals surface area contributed by atoms with Gasteiger partial charge in [0.2, 0.25) is 0 Å². The van der Waals surface area contributed by atoms with E-state index in [-0.39, 0.29) is 5.78 Å². The summed E-state index contributed by atoms with van der Waals surface area (Å²) in [5.41, 5.74) is 0. The zero-order chi connectivity index (χ0) is 8.32. The van der Waals surface area contributed by atoms with E-state index >= 15 is 0 Å². The van der Waals surface area contributed by atoms with Gasteiger partial charge in [0.15, 0.2) is 0 Å². The van der Waals surface area contributed by atoms with Gasteiger partial charge in [0.25, 0.3) is 0 Å². The molecule has 10 heavy (non-hydrogen) atoms. The molecule has 1 aliphatic carbocycles. The third-order valence-corrected chi connectivity index (χ3v) is 2.18. The molecule has 0 radical (unpaired) electrons. The van der Waals surface area contributed by atoms with Crippen molar-refractivity contribution in [3.05, 3.63) is 0 Å². The van der Waals surface area contributed by atoms with Gasteiger partial charge in [0.1, 0.15) is 5.78 Å². The van der Waals surface area contributed by atoms with Gasteiger partial charge in [-0.3, -0.25) is 4.79 Å². The number of hydrogen-bond donors (Lipinski definition) is 0. The molecule has 0 spiro atoms. The zero-order valence-corrected chi connectivity index (χ0v) is 6.65. The minimum Gasteiger partial charge on any atom is -0.299 e. The lowest BCUT2D eigenvalue weighted by Gasteiger charge is -2.13. The van der Waals surface area contributed by atoms with E-state index in [9.17, 15) is 4.79 Å². The highest BCUT2D eigenvalue weighted by Gasteiger charge is 2.13. The molecule has 1 rings (SSSR count). The molecule has 0 heterocycles. The van der Waals surface area contributed by atoms with Crippen molar-refractivity contribution in [1.82, 2.24) is 0 Å². The van der Waals surface area contributed by atoms with E-state index in [1.54, 1.807) is 6.92 Å². The smallest absolute Gasteiger partial charge is 0.135 e. The number of Topliss-reactive ketones (excluding diaryl/α,β-unsaturated/α-hetero) is 1. The van der Waals surface area contributed by atoms with Gasteiger partial charge in [-0.25, -0.2) is 0 Å². The molecular weight excluding hydrogens is 124 g/mol. The first kappa shape index (κ1) is 6.38. The Balaban J connectivity index is 2.54. The number of carbonyl (C=O) groups is 1. The van der Waals surface area contributed by atoms with Crippen molar-refractivity contribution in [3.8, 4) is 0 Å². The normalized spacial score (nSPS) is 38.1. The van der Waals surface area contributed by atoms with Gasteiger partial charge in [-0.05, 0) is 12.8 Å². The van der Waals surface area contributed by atoms with Crippen molar-refractivity contribution in [3.63, 3.8) is 0 Å². The topological polar surface area (TPSA) is 17.1 Å². The maximum absolute atomic E-state index is 11.3. The molecular formula is C9H16O. The summed E-state index contributed by atoms with van der Waals surface area (Å²) in [5.74, 6) is -0.641. The Morgan fingerprint density at radius 1 is 1.40 bits per heavy atom. The van der Waals surface area contributed by atoms with E-state index in [1.165, 1.54) is 12.8 Å². The third-order valence-electron chi connectivity index (χ3n) is 2.18. The molecule has 0 N–H and O–H groups in total. The van der Waals surface area contributed by atoms with Crippen LogP contribution in [0.2, 0.25) is 0 Å². The largest absolute Gasteiger partial charge is 0.299 e. The van der Waals surface area contributed by atoms with Crippen LogP contribution in [-0.2, 0) is 4.79 Å². The standard InChI is InChI=1S/C9H16O/c1-8-6-4-2-3-5-7-9(8)10/h8H,2-7H2,1H3/i8D. The van der Waals surface area contributed by atoms with Gasteiger partial charge in [0.05, 0.1) is 0 Å². The van der Waals surface area contributed by atoms with Crippen LogP contribution in [0.4, 0.5) is 0 Å². The first-order valence-electron chi connectivity index (χ1n) is 4.66. The first-order chi connectivity index (χ1) is 5.13. The van der Waals surface area contributed by atoms with Crippen LogP contribution in [0.1, 0.15) is 46.8 Å². The molecule has 1 nitrogen and oxygen atoms in total. The third kappa shape index (κ3) is 2.13. The summed E-state index contributed by atoms with van der Waals surface area (Å²) in [5, 5.41) is 0. The Kier molecular flexibility index (Phi) is 2.39. The van der Waals surface area contributed by atoms with E-state index in [1.807, 2.05) is 0 Å². The molecule has 0 aromatic rings. The van der Waals surface area contributed by atoms with Crippen LogP contribution in [0.15, 0.2) is 0 Å². The van der Waals surface area contributed by atoms with Crippen LogP contribution < -0.4 is 0 Å². The fourth-order valence-electron chi connectivity index (χ4n) is 1.38. The Morgan fingerprint density at radius 3 is 2.90 bits per heavy atom. The van der Waals surface area contributed by atoms with E-state index < -0.39 is 5.89 Å². The molecule has 1 aliphatic rings.